The highest BCUT2D eigenvalue weighted by atomic mass is 15.2. The first kappa shape index (κ1) is 14.0. The van der Waals surface area contributed by atoms with Crippen molar-refractivity contribution in [2.75, 3.05) is 19.6 Å². The van der Waals surface area contributed by atoms with E-state index >= 15 is 0 Å². The van der Waals surface area contributed by atoms with Crippen LogP contribution in [0.15, 0.2) is 0 Å². The number of nitrogens with one attached hydrogen (secondary N) is 1. The Kier molecular flexibility index (Phi) is 5.26. The van der Waals surface area contributed by atoms with Crippen LogP contribution in [0.5, 0.6) is 0 Å². The molecule has 1 aliphatic rings. The Hall–Kier alpha value is -0.0800. The molecule has 2 heteroatoms. The predicted octanol–water partition coefficient (Wildman–Crippen LogP) is 2.89. The van der Waals surface area contributed by atoms with E-state index in [9.17, 15) is 0 Å². The molecule has 0 saturated carbocycles. The zero-order chi connectivity index (χ0) is 12.2. The van der Waals surface area contributed by atoms with Crippen molar-refractivity contribution >= 4 is 0 Å². The molecule has 2 unspecified atom stereocenters. The topological polar surface area (TPSA) is 15.3 Å². The van der Waals surface area contributed by atoms with Gasteiger partial charge in [-0.2, -0.15) is 0 Å². The molecule has 1 heterocycles. The fraction of sp³-hybridized carbons (Fsp3) is 1.00. The molecule has 2 atom stereocenters. The number of likely N-dealkylation sites (tertiary alicyclic amines) is 1. The van der Waals surface area contributed by atoms with Gasteiger partial charge in [0, 0.05) is 12.1 Å². The van der Waals surface area contributed by atoms with Crippen LogP contribution in [-0.4, -0.2) is 36.6 Å². The quantitative estimate of drug-likeness (QED) is 0.793. The van der Waals surface area contributed by atoms with Crippen LogP contribution >= 0.6 is 0 Å². The van der Waals surface area contributed by atoms with Gasteiger partial charge in [0.2, 0.25) is 0 Å². The van der Waals surface area contributed by atoms with Gasteiger partial charge in [-0.1, -0.05) is 27.7 Å². The highest BCUT2D eigenvalue weighted by Crippen LogP contribution is 2.23. The van der Waals surface area contributed by atoms with Crippen molar-refractivity contribution in [1.82, 2.24) is 10.2 Å². The van der Waals surface area contributed by atoms with E-state index in [0.29, 0.717) is 5.41 Å². The van der Waals surface area contributed by atoms with Crippen LogP contribution < -0.4 is 5.32 Å². The first-order valence-electron chi connectivity index (χ1n) is 6.90. The lowest BCUT2D eigenvalue weighted by Crippen LogP contribution is -2.48. The molecule has 0 radical (unpaired) electrons. The second-order valence-electron chi connectivity index (χ2n) is 6.47. The molecular formula is C14H30N2. The summed E-state index contributed by atoms with van der Waals surface area (Å²) in [4.78, 5) is 2.67. The molecule has 96 valence electrons. The van der Waals surface area contributed by atoms with Crippen LogP contribution in [0.2, 0.25) is 0 Å². The van der Waals surface area contributed by atoms with Crippen LogP contribution in [0, 0.1) is 5.41 Å². The van der Waals surface area contributed by atoms with Gasteiger partial charge in [-0.3, -0.25) is 0 Å². The Balaban J connectivity index is 2.30. The minimum atomic E-state index is 0.470. The van der Waals surface area contributed by atoms with E-state index in [1.807, 2.05) is 0 Å². The summed E-state index contributed by atoms with van der Waals surface area (Å²) in [6, 6.07) is 1.51. The van der Waals surface area contributed by atoms with Gasteiger partial charge < -0.3 is 10.2 Å². The van der Waals surface area contributed by atoms with E-state index in [0.717, 1.165) is 18.6 Å². The standard InChI is InChI=1S/C14H30N2/c1-6-15-13-7-9-16(12(2)11-13)10-8-14(3,4)5/h12-13,15H,6-11H2,1-5H3. The van der Waals surface area contributed by atoms with Crippen molar-refractivity contribution in [1.29, 1.82) is 0 Å². The van der Waals surface area contributed by atoms with E-state index < -0.39 is 0 Å². The summed E-state index contributed by atoms with van der Waals surface area (Å²) in [5.74, 6) is 0. The number of nitrogens with zero attached hydrogens (tertiary/aromatic N) is 1. The number of hydrogen-bond acceptors (Lipinski definition) is 2. The first-order valence-corrected chi connectivity index (χ1v) is 6.90. The average molecular weight is 226 g/mol. The molecule has 0 spiro atoms. The summed E-state index contributed by atoms with van der Waals surface area (Å²) >= 11 is 0. The molecule has 1 N–H and O–H groups in total. The minimum Gasteiger partial charge on any atom is -0.314 e. The van der Waals surface area contributed by atoms with E-state index in [-0.39, 0.29) is 0 Å². The van der Waals surface area contributed by atoms with Gasteiger partial charge in [0.15, 0.2) is 0 Å². The maximum Gasteiger partial charge on any atom is 0.00939 e. The molecule has 1 saturated heterocycles. The summed E-state index contributed by atoms with van der Waals surface area (Å²) < 4.78 is 0. The predicted molar refractivity (Wildman–Crippen MR) is 71.8 cm³/mol. The molecule has 1 rings (SSSR count). The van der Waals surface area contributed by atoms with E-state index in [4.69, 9.17) is 0 Å². The molecule has 0 amide bonds. The fourth-order valence-corrected chi connectivity index (χ4v) is 2.51. The van der Waals surface area contributed by atoms with Crippen molar-refractivity contribution in [3.05, 3.63) is 0 Å². The highest BCUT2D eigenvalue weighted by Gasteiger charge is 2.25. The SMILES string of the molecule is CCNC1CCN(CCC(C)(C)C)C(C)C1. The third-order valence-electron chi connectivity index (χ3n) is 3.66. The molecule has 0 aromatic heterocycles. The van der Waals surface area contributed by atoms with Gasteiger partial charge in [-0.15, -0.1) is 0 Å². The lowest BCUT2D eigenvalue weighted by molar-refractivity contribution is 0.121. The number of rotatable bonds is 4. The van der Waals surface area contributed by atoms with Gasteiger partial charge >= 0.3 is 0 Å². The molecule has 2 nitrogen and oxygen atoms in total. The van der Waals surface area contributed by atoms with Crippen LogP contribution in [0.1, 0.15) is 53.9 Å². The van der Waals surface area contributed by atoms with Crippen LogP contribution in [0.3, 0.4) is 0 Å². The van der Waals surface area contributed by atoms with E-state index in [1.165, 1.54) is 32.4 Å². The second-order valence-corrected chi connectivity index (χ2v) is 6.47. The second kappa shape index (κ2) is 6.02. The summed E-state index contributed by atoms with van der Waals surface area (Å²) in [6.07, 6.45) is 3.95. The molecular weight excluding hydrogens is 196 g/mol. The summed E-state index contributed by atoms with van der Waals surface area (Å²) in [6.45, 7) is 15.2. The molecule has 0 aromatic rings. The summed E-state index contributed by atoms with van der Waals surface area (Å²) in [5.41, 5.74) is 0.470. The van der Waals surface area contributed by atoms with Gasteiger partial charge in [0.1, 0.15) is 0 Å². The van der Waals surface area contributed by atoms with Gasteiger partial charge in [0.25, 0.3) is 0 Å². The van der Waals surface area contributed by atoms with Crippen LogP contribution in [0.25, 0.3) is 0 Å². The van der Waals surface area contributed by atoms with E-state index in [1.54, 1.807) is 0 Å². The van der Waals surface area contributed by atoms with Crippen molar-refractivity contribution in [2.45, 2.75) is 66.0 Å². The Labute approximate surface area is 102 Å². The third-order valence-corrected chi connectivity index (χ3v) is 3.66. The smallest absolute Gasteiger partial charge is 0.00939 e. The average Bonchev–Trinajstić information content (AvgIpc) is 2.15. The molecule has 1 fully saturated rings. The third kappa shape index (κ3) is 4.84. The monoisotopic (exact) mass is 226 g/mol. The van der Waals surface area contributed by atoms with Crippen LogP contribution in [-0.2, 0) is 0 Å². The zero-order valence-electron chi connectivity index (χ0n) is 11.8. The Morgan fingerprint density at radius 2 is 2.00 bits per heavy atom. The lowest BCUT2D eigenvalue weighted by Gasteiger charge is -2.39. The van der Waals surface area contributed by atoms with Crippen molar-refractivity contribution in [3.8, 4) is 0 Å². The molecule has 0 aromatic carbocycles. The first-order chi connectivity index (χ1) is 7.42. The Bertz CT molecular complexity index is 195. The Morgan fingerprint density at radius 1 is 1.31 bits per heavy atom. The maximum absolute atomic E-state index is 3.58. The fourth-order valence-electron chi connectivity index (χ4n) is 2.51. The van der Waals surface area contributed by atoms with Gasteiger partial charge in [-0.05, 0) is 51.2 Å². The Morgan fingerprint density at radius 3 is 2.50 bits per heavy atom. The molecule has 0 bridgehead atoms. The highest BCUT2D eigenvalue weighted by molar-refractivity contribution is 4.83. The normalized spacial score (nSPS) is 28.3. The minimum absolute atomic E-state index is 0.470. The zero-order valence-corrected chi connectivity index (χ0v) is 11.8. The maximum atomic E-state index is 3.58. The van der Waals surface area contributed by atoms with Gasteiger partial charge in [0.05, 0.1) is 0 Å². The van der Waals surface area contributed by atoms with Crippen molar-refractivity contribution in [2.24, 2.45) is 5.41 Å². The molecule has 0 aliphatic carbocycles. The summed E-state index contributed by atoms with van der Waals surface area (Å²) in [5, 5.41) is 3.58. The van der Waals surface area contributed by atoms with Crippen molar-refractivity contribution < 1.29 is 0 Å². The lowest BCUT2D eigenvalue weighted by atomic mass is 9.90. The van der Waals surface area contributed by atoms with Gasteiger partial charge in [-0.25, -0.2) is 0 Å². The largest absolute Gasteiger partial charge is 0.314 e. The molecule has 1 aliphatic heterocycles. The number of hydrogen-bond donors (Lipinski definition) is 1. The summed E-state index contributed by atoms with van der Waals surface area (Å²) in [7, 11) is 0. The van der Waals surface area contributed by atoms with Crippen molar-refractivity contribution in [3.63, 3.8) is 0 Å². The number of piperidine rings is 1. The molecule has 16 heavy (non-hydrogen) atoms. The van der Waals surface area contributed by atoms with Crippen LogP contribution in [0.4, 0.5) is 0 Å². The van der Waals surface area contributed by atoms with E-state index in [2.05, 4.69) is 44.8 Å².